The second kappa shape index (κ2) is 9.04. The predicted octanol–water partition coefficient (Wildman–Crippen LogP) is 0.609. The van der Waals surface area contributed by atoms with Crippen LogP contribution in [-0.4, -0.2) is 99.3 Å². The van der Waals surface area contributed by atoms with Gasteiger partial charge in [0.2, 0.25) is 5.91 Å². The van der Waals surface area contributed by atoms with Gasteiger partial charge in [0.05, 0.1) is 6.42 Å². The highest BCUT2D eigenvalue weighted by atomic mass is 16.3. The van der Waals surface area contributed by atoms with Gasteiger partial charge in [0, 0.05) is 78.1 Å². The molecule has 1 aromatic carbocycles. The Morgan fingerprint density at radius 2 is 1.70 bits per heavy atom. The number of hydrogen-bond acceptors (Lipinski definition) is 5. The summed E-state index contributed by atoms with van der Waals surface area (Å²) >= 11 is 0. The standard InChI is InChI=1S/C21H34N4O2/c1-22(2)20-6-4-17(5-7-20)12-21(27)25-14-18(19(15-25)16-26)13-24-10-8-23(3)9-11-24/h4-7,18-19,26H,8-16H2,1-3H3/t18-,19-/m1/s1. The van der Waals surface area contributed by atoms with Crippen molar-refractivity contribution in [3.63, 3.8) is 0 Å². The normalized spacial score (nSPS) is 24.4. The number of carbonyl (C=O) groups is 1. The summed E-state index contributed by atoms with van der Waals surface area (Å²) in [4.78, 5) is 21.6. The zero-order valence-electron chi connectivity index (χ0n) is 17.0. The van der Waals surface area contributed by atoms with Gasteiger partial charge >= 0.3 is 0 Å². The van der Waals surface area contributed by atoms with Crippen molar-refractivity contribution in [3.8, 4) is 0 Å². The summed E-state index contributed by atoms with van der Waals surface area (Å²) < 4.78 is 0. The molecule has 3 rings (SSSR count). The molecule has 2 aliphatic heterocycles. The van der Waals surface area contributed by atoms with Crippen molar-refractivity contribution >= 4 is 11.6 Å². The average Bonchev–Trinajstić information content (AvgIpc) is 3.07. The van der Waals surface area contributed by atoms with Gasteiger partial charge in [-0.25, -0.2) is 0 Å². The summed E-state index contributed by atoms with van der Waals surface area (Å²) in [6.07, 6.45) is 0.438. The molecule has 0 radical (unpaired) electrons. The van der Waals surface area contributed by atoms with Gasteiger partial charge in [0.1, 0.15) is 0 Å². The van der Waals surface area contributed by atoms with E-state index < -0.39 is 0 Å². The second-order valence-corrected chi connectivity index (χ2v) is 8.34. The van der Waals surface area contributed by atoms with Crippen LogP contribution in [-0.2, 0) is 11.2 Å². The van der Waals surface area contributed by atoms with Gasteiger partial charge in [-0.1, -0.05) is 12.1 Å². The van der Waals surface area contributed by atoms with Crippen molar-refractivity contribution in [2.75, 3.05) is 78.5 Å². The smallest absolute Gasteiger partial charge is 0.227 e. The lowest BCUT2D eigenvalue weighted by atomic mass is 9.96. The van der Waals surface area contributed by atoms with E-state index in [0.29, 0.717) is 18.9 Å². The minimum Gasteiger partial charge on any atom is -0.396 e. The van der Waals surface area contributed by atoms with Crippen LogP contribution >= 0.6 is 0 Å². The summed E-state index contributed by atoms with van der Waals surface area (Å²) in [5.41, 5.74) is 2.19. The molecule has 0 unspecified atom stereocenters. The van der Waals surface area contributed by atoms with Crippen LogP contribution in [0.2, 0.25) is 0 Å². The summed E-state index contributed by atoms with van der Waals surface area (Å²) in [5.74, 6) is 0.745. The molecule has 0 saturated carbocycles. The third-order valence-corrected chi connectivity index (χ3v) is 6.06. The fourth-order valence-corrected chi connectivity index (χ4v) is 4.12. The molecular formula is C21H34N4O2. The maximum absolute atomic E-state index is 12.8. The molecule has 0 bridgehead atoms. The highest BCUT2D eigenvalue weighted by Crippen LogP contribution is 2.25. The van der Waals surface area contributed by atoms with Gasteiger partial charge in [0.25, 0.3) is 0 Å². The van der Waals surface area contributed by atoms with E-state index in [1.54, 1.807) is 0 Å². The van der Waals surface area contributed by atoms with Gasteiger partial charge in [-0.05, 0) is 30.7 Å². The number of carbonyl (C=O) groups excluding carboxylic acids is 1. The number of nitrogens with zero attached hydrogens (tertiary/aromatic N) is 4. The molecule has 150 valence electrons. The molecule has 0 spiro atoms. The fraction of sp³-hybridized carbons (Fsp3) is 0.667. The number of aliphatic hydroxyl groups excluding tert-OH is 1. The second-order valence-electron chi connectivity index (χ2n) is 8.34. The van der Waals surface area contributed by atoms with E-state index in [1.165, 1.54) is 0 Å². The number of benzene rings is 1. The Balaban J connectivity index is 1.54. The number of anilines is 1. The van der Waals surface area contributed by atoms with E-state index in [4.69, 9.17) is 0 Å². The molecule has 1 aromatic rings. The Bertz CT molecular complexity index is 611. The fourth-order valence-electron chi connectivity index (χ4n) is 4.12. The lowest BCUT2D eigenvalue weighted by Crippen LogP contribution is -2.47. The van der Waals surface area contributed by atoms with Crippen molar-refractivity contribution in [2.45, 2.75) is 6.42 Å². The highest BCUT2D eigenvalue weighted by molar-refractivity contribution is 5.79. The van der Waals surface area contributed by atoms with Crippen molar-refractivity contribution in [2.24, 2.45) is 11.8 Å². The van der Waals surface area contributed by atoms with E-state index in [0.717, 1.165) is 50.5 Å². The number of rotatable bonds is 6. The van der Waals surface area contributed by atoms with Gasteiger partial charge in [-0.2, -0.15) is 0 Å². The van der Waals surface area contributed by atoms with E-state index >= 15 is 0 Å². The SMILES string of the molecule is CN1CCN(C[C@@H]2CN(C(=O)Cc3ccc(N(C)C)cc3)C[C@@H]2CO)CC1. The summed E-state index contributed by atoms with van der Waals surface area (Å²) in [6, 6.07) is 8.18. The Morgan fingerprint density at radius 3 is 2.30 bits per heavy atom. The van der Waals surface area contributed by atoms with Gasteiger partial charge < -0.3 is 24.7 Å². The van der Waals surface area contributed by atoms with Crippen LogP contribution in [0.15, 0.2) is 24.3 Å². The highest BCUT2D eigenvalue weighted by Gasteiger charge is 2.35. The van der Waals surface area contributed by atoms with Crippen LogP contribution in [0.1, 0.15) is 5.56 Å². The zero-order valence-corrected chi connectivity index (χ0v) is 17.0. The van der Waals surface area contributed by atoms with Crippen LogP contribution in [0.4, 0.5) is 5.69 Å². The molecule has 2 atom stereocenters. The van der Waals surface area contributed by atoms with Crippen LogP contribution in [0, 0.1) is 11.8 Å². The molecule has 27 heavy (non-hydrogen) atoms. The molecule has 2 heterocycles. The molecule has 2 fully saturated rings. The summed E-state index contributed by atoms with van der Waals surface area (Å²) in [6.45, 7) is 6.97. The van der Waals surface area contributed by atoms with E-state index in [-0.39, 0.29) is 18.4 Å². The number of aliphatic hydroxyl groups is 1. The number of likely N-dealkylation sites (N-methyl/N-ethyl adjacent to an activating group) is 1. The van der Waals surface area contributed by atoms with Crippen LogP contribution in [0.25, 0.3) is 0 Å². The third kappa shape index (κ3) is 5.21. The monoisotopic (exact) mass is 374 g/mol. The van der Waals surface area contributed by atoms with E-state index in [9.17, 15) is 9.90 Å². The minimum atomic E-state index is 0.166. The zero-order chi connectivity index (χ0) is 19.4. The number of hydrogen-bond donors (Lipinski definition) is 1. The minimum absolute atomic E-state index is 0.166. The Morgan fingerprint density at radius 1 is 1.07 bits per heavy atom. The summed E-state index contributed by atoms with van der Waals surface area (Å²) in [7, 11) is 6.19. The molecule has 0 aromatic heterocycles. The first-order chi connectivity index (χ1) is 13.0. The molecular weight excluding hydrogens is 340 g/mol. The average molecular weight is 375 g/mol. The lowest BCUT2D eigenvalue weighted by Gasteiger charge is -2.34. The maximum Gasteiger partial charge on any atom is 0.227 e. The first kappa shape index (κ1) is 20.1. The van der Waals surface area contributed by atoms with Gasteiger partial charge in [-0.15, -0.1) is 0 Å². The van der Waals surface area contributed by atoms with E-state index in [2.05, 4.69) is 33.9 Å². The molecule has 6 heteroatoms. The van der Waals surface area contributed by atoms with Crippen molar-refractivity contribution in [1.29, 1.82) is 0 Å². The molecule has 2 saturated heterocycles. The Labute approximate surface area is 163 Å². The number of likely N-dealkylation sites (tertiary alicyclic amines) is 1. The van der Waals surface area contributed by atoms with Crippen molar-refractivity contribution in [3.05, 3.63) is 29.8 Å². The van der Waals surface area contributed by atoms with Crippen molar-refractivity contribution in [1.82, 2.24) is 14.7 Å². The predicted molar refractivity (Wildman–Crippen MR) is 109 cm³/mol. The molecule has 2 aliphatic rings. The number of piperazine rings is 1. The van der Waals surface area contributed by atoms with E-state index in [1.807, 2.05) is 31.1 Å². The topological polar surface area (TPSA) is 50.3 Å². The Kier molecular flexibility index (Phi) is 6.73. The first-order valence-corrected chi connectivity index (χ1v) is 10.0. The number of amides is 1. The van der Waals surface area contributed by atoms with Crippen LogP contribution in [0.3, 0.4) is 0 Å². The first-order valence-electron chi connectivity index (χ1n) is 10.0. The molecule has 6 nitrogen and oxygen atoms in total. The Hall–Kier alpha value is -1.63. The largest absolute Gasteiger partial charge is 0.396 e. The lowest BCUT2D eigenvalue weighted by molar-refractivity contribution is -0.129. The van der Waals surface area contributed by atoms with Gasteiger partial charge in [-0.3, -0.25) is 4.79 Å². The van der Waals surface area contributed by atoms with Crippen LogP contribution in [0.5, 0.6) is 0 Å². The van der Waals surface area contributed by atoms with Crippen molar-refractivity contribution < 1.29 is 9.90 Å². The molecule has 1 N–H and O–H groups in total. The van der Waals surface area contributed by atoms with Gasteiger partial charge in [0.15, 0.2) is 0 Å². The quantitative estimate of drug-likeness (QED) is 0.791. The molecule has 1 amide bonds. The summed E-state index contributed by atoms with van der Waals surface area (Å²) in [5, 5.41) is 9.81. The maximum atomic E-state index is 12.8. The third-order valence-electron chi connectivity index (χ3n) is 6.06. The van der Waals surface area contributed by atoms with Crippen LogP contribution < -0.4 is 4.90 Å². The molecule has 0 aliphatic carbocycles.